The average Bonchev–Trinajstić information content (AvgIpc) is 2.79. The first-order chi connectivity index (χ1) is 14.7. The van der Waals surface area contributed by atoms with Gasteiger partial charge in [0.05, 0.1) is 16.7 Å². The predicted molar refractivity (Wildman–Crippen MR) is 120 cm³/mol. The summed E-state index contributed by atoms with van der Waals surface area (Å²) in [6, 6.07) is 28.8. The van der Waals surface area contributed by atoms with Crippen molar-refractivity contribution in [3.8, 4) is 22.3 Å². The molecule has 2 aromatic heterocycles. The first-order valence-electron chi connectivity index (χ1n) is 9.86. The fourth-order valence-corrected chi connectivity index (χ4v) is 4.01. The van der Waals surface area contributed by atoms with Gasteiger partial charge in [0.25, 0.3) is 0 Å². The summed E-state index contributed by atoms with van der Waals surface area (Å²) in [5.74, 6) is 0. The second kappa shape index (κ2) is 7.67. The van der Waals surface area contributed by atoms with Crippen molar-refractivity contribution in [3.63, 3.8) is 0 Å². The van der Waals surface area contributed by atoms with E-state index in [2.05, 4.69) is 47.4 Å². The summed E-state index contributed by atoms with van der Waals surface area (Å²) in [4.78, 5) is 14.1. The maximum Gasteiger partial charge on any atom is 0.124 e. The van der Waals surface area contributed by atoms with Crippen molar-refractivity contribution in [2.75, 3.05) is 0 Å². The highest BCUT2D eigenvalue weighted by atomic mass is 17.1. The van der Waals surface area contributed by atoms with Crippen molar-refractivity contribution in [1.82, 2.24) is 9.97 Å². The zero-order valence-electron chi connectivity index (χ0n) is 16.5. The van der Waals surface area contributed by atoms with Crippen LogP contribution in [0.15, 0.2) is 84.9 Å². The molecule has 0 unspecified atom stereocenters. The Bertz CT molecular complexity index is 1350. The molecule has 4 heteroatoms. The van der Waals surface area contributed by atoms with Gasteiger partial charge in [0.15, 0.2) is 0 Å². The average molecular weight is 392 g/mol. The molecule has 0 saturated carbocycles. The molecule has 0 bridgehead atoms. The Labute approximate surface area is 174 Å². The van der Waals surface area contributed by atoms with E-state index in [0.717, 1.165) is 49.8 Å². The van der Waals surface area contributed by atoms with Crippen LogP contribution in [0.1, 0.15) is 11.4 Å². The molecule has 0 saturated heterocycles. The second-order valence-corrected chi connectivity index (χ2v) is 7.34. The molecule has 5 rings (SSSR count). The van der Waals surface area contributed by atoms with E-state index >= 15 is 0 Å². The van der Waals surface area contributed by atoms with E-state index in [1.54, 1.807) is 0 Å². The van der Waals surface area contributed by atoms with E-state index in [9.17, 15) is 0 Å². The minimum absolute atomic E-state index is 0.0174. The number of aromatic nitrogens is 2. The lowest BCUT2D eigenvalue weighted by Gasteiger charge is -2.14. The van der Waals surface area contributed by atoms with Gasteiger partial charge in [-0.25, -0.2) is 9.87 Å². The molecule has 5 aromatic rings. The zero-order chi connectivity index (χ0) is 20.5. The first kappa shape index (κ1) is 18.4. The highest BCUT2D eigenvalue weighted by Crippen LogP contribution is 2.36. The lowest BCUT2D eigenvalue weighted by atomic mass is 9.95. The first-order valence-corrected chi connectivity index (χ1v) is 9.86. The van der Waals surface area contributed by atoms with Gasteiger partial charge in [-0.1, -0.05) is 72.8 Å². The largest absolute Gasteiger partial charge is 0.251 e. The summed E-state index contributed by atoms with van der Waals surface area (Å²) < 4.78 is 0. The van der Waals surface area contributed by atoms with Crippen molar-refractivity contribution in [3.05, 3.63) is 96.3 Å². The maximum absolute atomic E-state index is 9.05. The number of nitrogens with zero attached hydrogens (tertiary/aromatic N) is 2. The Kier molecular flexibility index (Phi) is 4.71. The van der Waals surface area contributed by atoms with Crippen molar-refractivity contribution < 1.29 is 10.1 Å². The molecule has 4 nitrogen and oxygen atoms in total. The van der Waals surface area contributed by atoms with Crippen LogP contribution in [-0.2, 0) is 11.5 Å². The number of rotatable bonds is 4. The van der Waals surface area contributed by atoms with Crippen molar-refractivity contribution in [2.24, 2.45) is 0 Å². The Hall–Kier alpha value is -3.60. The van der Waals surface area contributed by atoms with Gasteiger partial charge in [-0.05, 0) is 41.3 Å². The SMILES string of the molecule is Cc1cc(-c2ccccc2)c2ccc3c(-c4ccccc4)cc(COO)nc3c2n1. The predicted octanol–water partition coefficient (Wildman–Crippen LogP) is 6.42. The second-order valence-electron chi connectivity index (χ2n) is 7.34. The zero-order valence-corrected chi connectivity index (χ0v) is 16.5. The summed E-state index contributed by atoms with van der Waals surface area (Å²) in [7, 11) is 0. The summed E-state index contributed by atoms with van der Waals surface area (Å²) in [6.07, 6.45) is 0. The fraction of sp³-hybridized carbons (Fsp3) is 0.0769. The summed E-state index contributed by atoms with van der Waals surface area (Å²) >= 11 is 0. The molecule has 0 aliphatic heterocycles. The Morgan fingerprint density at radius 2 is 1.23 bits per heavy atom. The van der Waals surface area contributed by atoms with E-state index < -0.39 is 0 Å². The van der Waals surface area contributed by atoms with E-state index in [4.69, 9.17) is 15.2 Å². The van der Waals surface area contributed by atoms with Gasteiger partial charge >= 0.3 is 0 Å². The summed E-state index contributed by atoms with van der Waals surface area (Å²) in [5, 5.41) is 11.1. The van der Waals surface area contributed by atoms with Crippen LogP contribution in [0.4, 0.5) is 0 Å². The number of aryl methyl sites for hydroxylation is 1. The van der Waals surface area contributed by atoms with E-state index in [1.165, 1.54) is 0 Å². The van der Waals surface area contributed by atoms with Gasteiger partial charge in [-0.2, -0.15) is 0 Å². The third-order valence-electron chi connectivity index (χ3n) is 5.32. The molecule has 0 amide bonds. The van der Waals surface area contributed by atoms with Crippen LogP contribution in [0, 0.1) is 6.92 Å². The summed E-state index contributed by atoms with van der Waals surface area (Å²) in [6.45, 7) is 2.02. The van der Waals surface area contributed by atoms with E-state index in [0.29, 0.717) is 5.69 Å². The highest BCUT2D eigenvalue weighted by Gasteiger charge is 2.15. The van der Waals surface area contributed by atoms with Crippen LogP contribution < -0.4 is 0 Å². The molecule has 0 atom stereocenters. The van der Waals surface area contributed by atoms with Crippen LogP contribution in [0.3, 0.4) is 0 Å². The normalized spacial score (nSPS) is 11.3. The Balaban J connectivity index is 1.88. The van der Waals surface area contributed by atoms with Crippen LogP contribution >= 0.6 is 0 Å². The quantitative estimate of drug-likeness (QED) is 0.218. The molecule has 1 N–H and O–H groups in total. The third kappa shape index (κ3) is 3.22. The topological polar surface area (TPSA) is 55.2 Å². The Morgan fingerprint density at radius 3 is 1.80 bits per heavy atom. The smallest absolute Gasteiger partial charge is 0.124 e. The molecule has 3 aromatic carbocycles. The van der Waals surface area contributed by atoms with Gasteiger partial charge in [0.1, 0.15) is 6.61 Å². The molecule has 0 fully saturated rings. The number of hydrogen-bond acceptors (Lipinski definition) is 4. The number of fused-ring (bicyclic) bond motifs is 3. The fourth-order valence-electron chi connectivity index (χ4n) is 4.01. The molecular weight excluding hydrogens is 372 g/mol. The van der Waals surface area contributed by atoms with Gasteiger partial charge in [0, 0.05) is 16.5 Å². The lowest BCUT2D eigenvalue weighted by molar-refractivity contribution is -0.253. The molecule has 0 aliphatic rings. The Morgan fingerprint density at radius 1 is 0.700 bits per heavy atom. The van der Waals surface area contributed by atoms with Crippen LogP contribution in [-0.4, -0.2) is 15.2 Å². The third-order valence-corrected chi connectivity index (χ3v) is 5.32. The van der Waals surface area contributed by atoms with Gasteiger partial charge in [-0.15, -0.1) is 0 Å². The molecule has 0 aliphatic carbocycles. The van der Waals surface area contributed by atoms with Gasteiger partial charge in [-0.3, -0.25) is 10.2 Å². The van der Waals surface area contributed by atoms with Crippen molar-refractivity contribution in [1.29, 1.82) is 0 Å². The van der Waals surface area contributed by atoms with E-state index in [-0.39, 0.29) is 6.61 Å². The highest BCUT2D eigenvalue weighted by molar-refractivity contribution is 6.12. The number of benzene rings is 3. The lowest BCUT2D eigenvalue weighted by Crippen LogP contribution is -1.98. The van der Waals surface area contributed by atoms with Crippen LogP contribution in [0.25, 0.3) is 44.1 Å². The molecule has 0 spiro atoms. The molecular formula is C26H20N2O2. The maximum atomic E-state index is 9.05. The van der Waals surface area contributed by atoms with Crippen LogP contribution in [0.2, 0.25) is 0 Å². The molecule has 30 heavy (non-hydrogen) atoms. The standard InChI is InChI=1S/C26H20N2O2/c1-17-14-23(18-8-4-2-5-9-18)21-12-13-22-24(19-10-6-3-7-11-19)15-20(16-30-29)28-26(22)25(21)27-17/h2-15,29H,16H2,1H3. The number of hydrogen-bond donors (Lipinski definition) is 1. The molecule has 2 heterocycles. The summed E-state index contributed by atoms with van der Waals surface area (Å²) in [5.41, 5.74) is 7.64. The minimum atomic E-state index is 0.0174. The number of pyridine rings is 2. The van der Waals surface area contributed by atoms with Crippen LogP contribution in [0.5, 0.6) is 0 Å². The molecule has 0 radical (unpaired) electrons. The van der Waals surface area contributed by atoms with Gasteiger partial charge < -0.3 is 0 Å². The van der Waals surface area contributed by atoms with Gasteiger partial charge in [0.2, 0.25) is 0 Å². The minimum Gasteiger partial charge on any atom is -0.251 e. The molecule has 146 valence electrons. The monoisotopic (exact) mass is 392 g/mol. The van der Waals surface area contributed by atoms with Crippen molar-refractivity contribution >= 4 is 21.8 Å². The van der Waals surface area contributed by atoms with E-state index in [1.807, 2.05) is 49.4 Å². The van der Waals surface area contributed by atoms with Crippen molar-refractivity contribution in [2.45, 2.75) is 13.5 Å².